The average molecular weight is 218 g/mol. The molecule has 0 aromatic heterocycles. The number of aliphatic hydroxyl groups excluding tert-OH is 1. The van der Waals surface area contributed by atoms with E-state index in [0.29, 0.717) is 0 Å². The second kappa shape index (κ2) is 5.62. The van der Waals surface area contributed by atoms with Crippen LogP contribution in [0.5, 0.6) is 0 Å². The number of rotatable bonds is 0. The van der Waals surface area contributed by atoms with Gasteiger partial charge in [-0.3, -0.25) is 0 Å². The van der Waals surface area contributed by atoms with Crippen molar-refractivity contribution < 1.29 is 34.6 Å². The Balaban J connectivity index is 0.000000217. The summed E-state index contributed by atoms with van der Waals surface area (Å²) in [5, 5.41) is 8.91. The minimum absolute atomic E-state index is 0.0359. The summed E-state index contributed by atoms with van der Waals surface area (Å²) in [6.07, 6.45) is 5.92. The number of hydrogen-bond acceptors (Lipinski definition) is 3. The summed E-state index contributed by atoms with van der Waals surface area (Å²) in [5.41, 5.74) is 0. The van der Waals surface area contributed by atoms with Crippen LogP contribution in [0.4, 0.5) is 0 Å². The molecule has 1 rings (SSSR count). The Kier molecular flexibility index (Phi) is 5.63. The van der Waals surface area contributed by atoms with Gasteiger partial charge >= 0.3 is 29.5 Å². The van der Waals surface area contributed by atoms with Gasteiger partial charge in [0, 0.05) is 0 Å². The summed E-state index contributed by atoms with van der Waals surface area (Å²) in [7, 11) is 0. The molecule has 5 nitrogen and oxygen atoms in total. The summed E-state index contributed by atoms with van der Waals surface area (Å²) < 4.78 is 31.9. The average Bonchev–Trinajstić information content (AvgIpc) is 1.85. The SMILES string of the molecule is OC1CCCCC1.[O]=[Cr](=[O])([OH])[OH]. The van der Waals surface area contributed by atoms with Crippen LogP contribution in [0.1, 0.15) is 32.1 Å². The molecule has 0 amide bonds. The minimum atomic E-state index is -5.25. The van der Waals surface area contributed by atoms with Crippen molar-refractivity contribution in [2.45, 2.75) is 38.2 Å². The van der Waals surface area contributed by atoms with Crippen molar-refractivity contribution in [2.24, 2.45) is 0 Å². The van der Waals surface area contributed by atoms with Gasteiger partial charge < -0.3 is 5.11 Å². The van der Waals surface area contributed by atoms with Crippen LogP contribution >= 0.6 is 0 Å². The maximum atomic E-state index is 8.91. The molecule has 0 spiro atoms. The predicted octanol–water partition coefficient (Wildman–Crippen LogP) is -0.0427. The molecule has 74 valence electrons. The van der Waals surface area contributed by atoms with Crippen molar-refractivity contribution in [3.8, 4) is 0 Å². The molecule has 1 saturated carbocycles. The second-order valence-corrected chi connectivity index (χ2v) is 4.14. The third kappa shape index (κ3) is 12.7. The second-order valence-electron chi connectivity index (χ2n) is 2.74. The summed E-state index contributed by atoms with van der Waals surface area (Å²) in [6.45, 7) is 0. The molecule has 1 fully saturated rings. The molecule has 0 aromatic rings. The Labute approximate surface area is 73.4 Å². The van der Waals surface area contributed by atoms with Crippen LogP contribution in [-0.4, -0.2) is 19.5 Å². The first kappa shape index (κ1) is 12.0. The van der Waals surface area contributed by atoms with Crippen LogP contribution in [0, 0.1) is 0 Å². The molecule has 3 N–H and O–H groups in total. The van der Waals surface area contributed by atoms with E-state index in [-0.39, 0.29) is 6.10 Å². The van der Waals surface area contributed by atoms with E-state index in [0.717, 1.165) is 12.8 Å². The van der Waals surface area contributed by atoms with E-state index in [4.69, 9.17) is 21.0 Å². The molecular formula is C6H14CrO5. The van der Waals surface area contributed by atoms with Crippen molar-refractivity contribution in [1.82, 2.24) is 0 Å². The Morgan fingerprint density at radius 1 is 1.00 bits per heavy atom. The molecule has 6 heteroatoms. The van der Waals surface area contributed by atoms with Crippen molar-refractivity contribution >= 4 is 0 Å². The van der Waals surface area contributed by atoms with Gasteiger partial charge in [-0.25, -0.2) is 0 Å². The molecule has 0 atom stereocenters. The van der Waals surface area contributed by atoms with Crippen molar-refractivity contribution in [2.75, 3.05) is 0 Å². The molecule has 0 saturated heterocycles. The fraction of sp³-hybridized carbons (Fsp3) is 1.00. The number of hydrogen-bond donors (Lipinski definition) is 3. The Bertz CT molecular complexity index is 184. The van der Waals surface area contributed by atoms with Crippen LogP contribution in [0.2, 0.25) is 0 Å². The Morgan fingerprint density at radius 2 is 1.33 bits per heavy atom. The molecule has 12 heavy (non-hydrogen) atoms. The van der Waals surface area contributed by atoms with E-state index < -0.39 is 13.6 Å². The van der Waals surface area contributed by atoms with Gasteiger partial charge in [0.25, 0.3) is 0 Å². The van der Waals surface area contributed by atoms with E-state index in [1.807, 2.05) is 0 Å². The first-order chi connectivity index (χ1) is 5.39. The van der Waals surface area contributed by atoms with Gasteiger partial charge in [-0.15, -0.1) is 0 Å². The molecular weight excluding hydrogens is 204 g/mol. The molecule has 0 bridgehead atoms. The number of aliphatic hydroxyl groups is 1. The molecule has 0 radical (unpaired) electrons. The first-order valence-electron chi connectivity index (χ1n) is 3.77. The zero-order valence-electron chi connectivity index (χ0n) is 6.68. The third-order valence-corrected chi connectivity index (χ3v) is 1.57. The van der Waals surface area contributed by atoms with Gasteiger partial charge in [0.15, 0.2) is 0 Å². The van der Waals surface area contributed by atoms with Gasteiger partial charge in [-0.2, -0.15) is 0 Å². The Morgan fingerprint density at radius 3 is 1.50 bits per heavy atom. The predicted molar refractivity (Wildman–Crippen MR) is 34.9 cm³/mol. The van der Waals surface area contributed by atoms with E-state index in [9.17, 15) is 0 Å². The summed E-state index contributed by atoms with van der Waals surface area (Å²) in [6, 6.07) is 0. The van der Waals surface area contributed by atoms with E-state index in [1.165, 1.54) is 19.3 Å². The summed E-state index contributed by atoms with van der Waals surface area (Å²) in [5.74, 6) is 0. The zero-order valence-corrected chi connectivity index (χ0v) is 7.95. The maximum absolute atomic E-state index is 8.91. The summed E-state index contributed by atoms with van der Waals surface area (Å²) >= 11 is -5.25. The van der Waals surface area contributed by atoms with Crippen LogP contribution in [0.15, 0.2) is 0 Å². The van der Waals surface area contributed by atoms with Crippen molar-refractivity contribution in [3.63, 3.8) is 0 Å². The van der Waals surface area contributed by atoms with Crippen LogP contribution in [-0.2, 0) is 21.2 Å². The first-order valence-corrected chi connectivity index (χ1v) is 5.95. The van der Waals surface area contributed by atoms with Crippen LogP contribution < -0.4 is 0 Å². The fourth-order valence-corrected chi connectivity index (χ4v) is 1.08. The van der Waals surface area contributed by atoms with Crippen LogP contribution in [0.25, 0.3) is 0 Å². The van der Waals surface area contributed by atoms with E-state index >= 15 is 0 Å². The molecule has 0 aromatic carbocycles. The molecule has 0 heterocycles. The van der Waals surface area contributed by atoms with Gasteiger partial charge in [-0.1, -0.05) is 19.3 Å². The van der Waals surface area contributed by atoms with Gasteiger partial charge in [0.1, 0.15) is 0 Å². The van der Waals surface area contributed by atoms with Gasteiger partial charge in [0.2, 0.25) is 0 Å². The fourth-order valence-electron chi connectivity index (χ4n) is 1.08. The molecule has 1 aliphatic carbocycles. The quantitative estimate of drug-likeness (QED) is 0.530. The Hall–Kier alpha value is 0.0125. The monoisotopic (exact) mass is 218 g/mol. The van der Waals surface area contributed by atoms with Gasteiger partial charge in [0.05, 0.1) is 6.10 Å². The van der Waals surface area contributed by atoms with E-state index in [2.05, 4.69) is 0 Å². The van der Waals surface area contributed by atoms with Gasteiger partial charge in [-0.05, 0) is 12.8 Å². The van der Waals surface area contributed by atoms with E-state index in [1.54, 1.807) is 0 Å². The summed E-state index contributed by atoms with van der Waals surface area (Å²) in [4.78, 5) is 0. The van der Waals surface area contributed by atoms with Crippen molar-refractivity contribution in [3.05, 3.63) is 0 Å². The zero-order chi connectivity index (χ0) is 9.61. The molecule has 0 unspecified atom stereocenters. The normalized spacial score (nSPS) is 19.6. The standard InChI is InChI=1S/C6H12O.Cr.2H2O.2O/c7-6-4-2-1-3-5-6;;;;;/h6-7H,1-5H2;;2*1H2;;/q;+2;;;;/p-2. The van der Waals surface area contributed by atoms with Crippen molar-refractivity contribution in [1.29, 1.82) is 0 Å². The molecule has 0 aliphatic heterocycles. The topological polar surface area (TPSA) is 94.8 Å². The van der Waals surface area contributed by atoms with Crippen LogP contribution in [0.3, 0.4) is 0 Å². The third-order valence-electron chi connectivity index (χ3n) is 1.57. The molecule has 1 aliphatic rings.